The Hall–Kier alpha value is -1.36. The van der Waals surface area contributed by atoms with Crippen LogP contribution in [0, 0.1) is 6.92 Å². The fourth-order valence-corrected chi connectivity index (χ4v) is 2.45. The summed E-state index contributed by atoms with van der Waals surface area (Å²) in [5.41, 5.74) is 0.671. The van der Waals surface area contributed by atoms with E-state index in [0.29, 0.717) is 24.3 Å². The van der Waals surface area contributed by atoms with E-state index in [4.69, 9.17) is 4.74 Å². The van der Waals surface area contributed by atoms with Crippen molar-refractivity contribution in [3.63, 3.8) is 0 Å². The van der Waals surface area contributed by atoms with Gasteiger partial charge in [-0.05, 0) is 39.2 Å². The summed E-state index contributed by atoms with van der Waals surface area (Å²) >= 11 is 0. The molecule has 2 rings (SSSR count). The van der Waals surface area contributed by atoms with E-state index in [1.54, 1.807) is 24.7 Å². The van der Waals surface area contributed by atoms with E-state index < -0.39 is 0 Å². The Morgan fingerprint density at radius 2 is 2.44 bits per heavy atom. The molecule has 0 bridgehead atoms. The second-order valence-corrected chi connectivity index (χ2v) is 4.81. The molecule has 5 nitrogen and oxygen atoms in total. The number of rotatable bonds is 5. The Bertz CT molecular complexity index is 450. The Morgan fingerprint density at radius 3 is 3.11 bits per heavy atom. The van der Waals surface area contributed by atoms with Crippen molar-refractivity contribution < 1.29 is 4.74 Å². The van der Waals surface area contributed by atoms with Crippen LogP contribution in [0.2, 0.25) is 0 Å². The standard InChI is InChI=1S/C13H21N3O2/c1-10-9-12(17)16(13(15-10)18-2)8-4-6-11-5-3-7-14-11/h9,11,14H,3-8H2,1-2H3. The van der Waals surface area contributed by atoms with Crippen LogP contribution in [-0.4, -0.2) is 29.2 Å². The Morgan fingerprint density at radius 1 is 1.61 bits per heavy atom. The van der Waals surface area contributed by atoms with Crippen LogP contribution < -0.4 is 15.6 Å². The molecule has 1 atom stereocenters. The first-order valence-electron chi connectivity index (χ1n) is 6.56. The minimum atomic E-state index is -0.0290. The van der Waals surface area contributed by atoms with Gasteiger partial charge in [0.1, 0.15) is 0 Å². The largest absolute Gasteiger partial charge is 0.468 e. The minimum Gasteiger partial charge on any atom is -0.468 e. The molecule has 1 fully saturated rings. The normalized spacial score (nSPS) is 19.1. The van der Waals surface area contributed by atoms with Crippen LogP contribution in [0.3, 0.4) is 0 Å². The number of aromatic nitrogens is 2. The summed E-state index contributed by atoms with van der Waals surface area (Å²) in [5.74, 6) is 0. The van der Waals surface area contributed by atoms with Crippen molar-refractivity contribution in [2.45, 2.75) is 45.2 Å². The quantitative estimate of drug-likeness (QED) is 0.851. The van der Waals surface area contributed by atoms with Crippen molar-refractivity contribution >= 4 is 0 Å². The summed E-state index contributed by atoms with van der Waals surface area (Å²) in [4.78, 5) is 16.1. The number of methoxy groups -OCH3 is 1. The van der Waals surface area contributed by atoms with Gasteiger partial charge in [0.05, 0.1) is 7.11 Å². The molecule has 0 aromatic carbocycles. The van der Waals surface area contributed by atoms with Gasteiger partial charge in [-0.3, -0.25) is 9.36 Å². The fraction of sp³-hybridized carbons (Fsp3) is 0.692. The molecule has 100 valence electrons. The highest BCUT2D eigenvalue weighted by Crippen LogP contribution is 2.12. The molecule has 1 unspecified atom stereocenters. The zero-order chi connectivity index (χ0) is 13.0. The molecule has 5 heteroatoms. The number of nitrogens with one attached hydrogen (secondary N) is 1. The van der Waals surface area contributed by atoms with E-state index >= 15 is 0 Å². The van der Waals surface area contributed by atoms with Crippen molar-refractivity contribution in [1.29, 1.82) is 0 Å². The van der Waals surface area contributed by atoms with E-state index in [9.17, 15) is 4.79 Å². The van der Waals surface area contributed by atoms with Gasteiger partial charge in [0.25, 0.3) is 11.6 Å². The molecule has 18 heavy (non-hydrogen) atoms. The second-order valence-electron chi connectivity index (χ2n) is 4.81. The van der Waals surface area contributed by atoms with Crippen molar-refractivity contribution in [3.8, 4) is 6.01 Å². The highest BCUT2D eigenvalue weighted by Gasteiger charge is 2.14. The van der Waals surface area contributed by atoms with Gasteiger partial charge < -0.3 is 10.1 Å². The van der Waals surface area contributed by atoms with Crippen LogP contribution in [-0.2, 0) is 6.54 Å². The SMILES string of the molecule is COc1nc(C)cc(=O)n1CCCC1CCCN1. The molecular formula is C13H21N3O2. The number of aryl methyl sites for hydroxylation is 1. The van der Waals surface area contributed by atoms with Crippen molar-refractivity contribution in [1.82, 2.24) is 14.9 Å². The van der Waals surface area contributed by atoms with Gasteiger partial charge in [-0.25, -0.2) is 4.98 Å². The molecule has 1 aliphatic heterocycles. The van der Waals surface area contributed by atoms with E-state index in [1.807, 2.05) is 0 Å². The van der Waals surface area contributed by atoms with Crippen LogP contribution in [0.25, 0.3) is 0 Å². The molecule has 0 aliphatic carbocycles. The van der Waals surface area contributed by atoms with Gasteiger partial charge >= 0.3 is 0 Å². The van der Waals surface area contributed by atoms with Gasteiger partial charge in [0, 0.05) is 24.3 Å². The predicted octanol–water partition coefficient (Wildman–Crippen LogP) is 1.09. The summed E-state index contributed by atoms with van der Waals surface area (Å²) in [7, 11) is 1.55. The van der Waals surface area contributed by atoms with Crippen molar-refractivity contribution in [2.24, 2.45) is 0 Å². The Balaban J connectivity index is 1.97. The Labute approximate surface area is 107 Å². The lowest BCUT2D eigenvalue weighted by atomic mass is 10.1. The smallest absolute Gasteiger partial charge is 0.299 e. The third kappa shape index (κ3) is 3.10. The molecule has 0 spiro atoms. The first kappa shape index (κ1) is 13.1. The van der Waals surface area contributed by atoms with Crippen molar-refractivity contribution in [3.05, 3.63) is 22.1 Å². The Kier molecular flexibility index (Phi) is 4.36. The summed E-state index contributed by atoms with van der Waals surface area (Å²) < 4.78 is 6.78. The molecule has 1 N–H and O–H groups in total. The van der Waals surface area contributed by atoms with E-state index in [1.165, 1.54) is 12.8 Å². The number of hydrogen-bond acceptors (Lipinski definition) is 4. The summed E-state index contributed by atoms with van der Waals surface area (Å²) in [6, 6.07) is 2.58. The number of hydrogen-bond donors (Lipinski definition) is 1. The van der Waals surface area contributed by atoms with Gasteiger partial charge in [-0.1, -0.05) is 0 Å². The molecular weight excluding hydrogens is 230 g/mol. The van der Waals surface area contributed by atoms with Gasteiger partial charge in [-0.15, -0.1) is 0 Å². The molecule has 0 radical (unpaired) electrons. The van der Waals surface area contributed by atoms with Crippen molar-refractivity contribution in [2.75, 3.05) is 13.7 Å². The van der Waals surface area contributed by atoms with E-state index in [0.717, 1.165) is 19.4 Å². The zero-order valence-electron chi connectivity index (χ0n) is 11.1. The summed E-state index contributed by atoms with van der Waals surface area (Å²) in [6.45, 7) is 3.60. The average Bonchev–Trinajstić information content (AvgIpc) is 2.84. The summed E-state index contributed by atoms with van der Waals surface area (Å²) in [6.07, 6.45) is 4.58. The molecule has 1 aromatic rings. The molecule has 1 aromatic heterocycles. The zero-order valence-corrected chi connectivity index (χ0v) is 11.1. The van der Waals surface area contributed by atoms with Gasteiger partial charge in [0.2, 0.25) is 0 Å². The monoisotopic (exact) mass is 251 g/mol. The maximum atomic E-state index is 11.9. The lowest BCUT2D eigenvalue weighted by Crippen LogP contribution is -2.25. The third-order valence-corrected chi connectivity index (χ3v) is 3.38. The van der Waals surface area contributed by atoms with Crippen LogP contribution in [0.15, 0.2) is 10.9 Å². The summed E-state index contributed by atoms with van der Waals surface area (Å²) in [5, 5.41) is 3.46. The fourth-order valence-electron chi connectivity index (χ4n) is 2.45. The topological polar surface area (TPSA) is 56.1 Å². The highest BCUT2D eigenvalue weighted by atomic mass is 16.5. The molecule has 2 heterocycles. The maximum absolute atomic E-state index is 11.9. The molecule has 1 saturated heterocycles. The minimum absolute atomic E-state index is 0.0290. The van der Waals surface area contributed by atoms with Crippen LogP contribution in [0.1, 0.15) is 31.4 Å². The van der Waals surface area contributed by atoms with Crippen LogP contribution >= 0.6 is 0 Å². The highest BCUT2D eigenvalue weighted by molar-refractivity contribution is 5.06. The van der Waals surface area contributed by atoms with E-state index in [2.05, 4.69) is 10.3 Å². The van der Waals surface area contributed by atoms with Gasteiger partial charge in [-0.2, -0.15) is 0 Å². The molecule has 1 aliphatic rings. The second kappa shape index (κ2) is 6.00. The first-order valence-corrected chi connectivity index (χ1v) is 6.56. The average molecular weight is 251 g/mol. The third-order valence-electron chi connectivity index (χ3n) is 3.38. The predicted molar refractivity (Wildman–Crippen MR) is 70.0 cm³/mol. The van der Waals surface area contributed by atoms with Crippen LogP contribution in [0.4, 0.5) is 0 Å². The number of nitrogens with zero attached hydrogens (tertiary/aromatic N) is 2. The van der Waals surface area contributed by atoms with Crippen LogP contribution in [0.5, 0.6) is 6.01 Å². The van der Waals surface area contributed by atoms with Gasteiger partial charge in [0.15, 0.2) is 0 Å². The lowest BCUT2D eigenvalue weighted by molar-refractivity contribution is 0.339. The maximum Gasteiger partial charge on any atom is 0.299 e. The lowest BCUT2D eigenvalue weighted by Gasteiger charge is -2.13. The number of ether oxygens (including phenoxy) is 1. The molecule has 0 saturated carbocycles. The first-order chi connectivity index (χ1) is 8.70. The molecule has 0 amide bonds. The van der Waals surface area contributed by atoms with E-state index in [-0.39, 0.29) is 5.56 Å².